The van der Waals surface area contributed by atoms with E-state index in [1.54, 1.807) is 11.8 Å². The van der Waals surface area contributed by atoms with Crippen LogP contribution in [0.3, 0.4) is 0 Å². The van der Waals surface area contributed by atoms with E-state index in [2.05, 4.69) is 5.32 Å². The molecule has 4 nitrogen and oxygen atoms in total. The Morgan fingerprint density at radius 2 is 1.81 bits per heavy atom. The Balaban J connectivity index is 2.62. The maximum absolute atomic E-state index is 11.8. The summed E-state index contributed by atoms with van der Waals surface area (Å²) in [6, 6.07) is 10.0. The molecule has 0 aromatic heterocycles. The first-order chi connectivity index (χ1) is 9.95. The highest BCUT2D eigenvalue weighted by Crippen LogP contribution is 2.20. The Bertz CT molecular complexity index is 459. The summed E-state index contributed by atoms with van der Waals surface area (Å²) in [7, 11) is 0. The normalized spacial score (nSPS) is 13.3. The lowest BCUT2D eigenvalue weighted by Crippen LogP contribution is -2.37. The quantitative estimate of drug-likeness (QED) is 0.839. The number of benzene rings is 1. The fourth-order valence-corrected chi connectivity index (χ4v) is 2.21. The van der Waals surface area contributed by atoms with Crippen molar-refractivity contribution in [2.24, 2.45) is 0 Å². The molecule has 1 aromatic rings. The van der Waals surface area contributed by atoms with Gasteiger partial charge in [-0.3, -0.25) is 9.59 Å². The highest BCUT2D eigenvalue weighted by atomic mass is 16.2. The van der Waals surface area contributed by atoms with Crippen LogP contribution in [0.4, 0.5) is 0 Å². The molecule has 2 amide bonds. The first-order valence-electron chi connectivity index (χ1n) is 7.57. The van der Waals surface area contributed by atoms with Gasteiger partial charge >= 0.3 is 0 Å². The average Bonchev–Trinajstić information content (AvgIpc) is 2.47. The molecule has 0 aliphatic carbocycles. The minimum atomic E-state index is -0.0277. The van der Waals surface area contributed by atoms with Crippen molar-refractivity contribution in [3.8, 4) is 0 Å². The SMILES string of the molecule is CCC(C)NC(=O)CCN(C(C)=O)C(C)c1ccccc1. The van der Waals surface area contributed by atoms with Gasteiger partial charge in [-0.05, 0) is 25.8 Å². The maximum atomic E-state index is 11.8. The summed E-state index contributed by atoms with van der Waals surface area (Å²) in [6.45, 7) is 7.99. The minimum absolute atomic E-state index is 0.00383. The average molecular weight is 290 g/mol. The molecule has 0 spiro atoms. The standard InChI is InChI=1S/C17H26N2O2/c1-5-13(2)18-17(21)11-12-19(15(4)20)14(3)16-9-7-6-8-10-16/h6-10,13-14H,5,11-12H2,1-4H3,(H,18,21). The number of nitrogens with zero attached hydrogens (tertiary/aromatic N) is 1. The lowest BCUT2D eigenvalue weighted by atomic mass is 10.1. The lowest BCUT2D eigenvalue weighted by Gasteiger charge is -2.28. The van der Waals surface area contributed by atoms with Gasteiger partial charge in [0, 0.05) is 25.9 Å². The molecule has 0 saturated heterocycles. The molecule has 21 heavy (non-hydrogen) atoms. The lowest BCUT2D eigenvalue weighted by molar-refractivity contribution is -0.131. The third-order valence-corrected chi connectivity index (χ3v) is 3.75. The van der Waals surface area contributed by atoms with Gasteiger partial charge in [0.25, 0.3) is 0 Å². The summed E-state index contributed by atoms with van der Waals surface area (Å²) in [6.07, 6.45) is 1.24. The van der Waals surface area contributed by atoms with Gasteiger partial charge in [0.05, 0.1) is 6.04 Å². The molecule has 0 aliphatic heterocycles. The van der Waals surface area contributed by atoms with Crippen molar-refractivity contribution in [2.75, 3.05) is 6.54 Å². The Morgan fingerprint density at radius 3 is 2.33 bits per heavy atom. The molecule has 0 radical (unpaired) electrons. The number of nitrogens with one attached hydrogen (secondary N) is 1. The highest BCUT2D eigenvalue weighted by Gasteiger charge is 2.19. The van der Waals surface area contributed by atoms with Gasteiger partial charge in [-0.2, -0.15) is 0 Å². The van der Waals surface area contributed by atoms with Crippen LogP contribution in [0.1, 0.15) is 52.1 Å². The van der Waals surface area contributed by atoms with Crippen molar-refractivity contribution in [1.29, 1.82) is 0 Å². The number of carbonyl (C=O) groups is 2. The molecule has 1 N–H and O–H groups in total. The third kappa shape index (κ3) is 5.58. The molecule has 1 rings (SSSR count). The van der Waals surface area contributed by atoms with Crippen LogP contribution >= 0.6 is 0 Å². The molecule has 4 heteroatoms. The second-order valence-electron chi connectivity index (χ2n) is 5.43. The zero-order valence-corrected chi connectivity index (χ0v) is 13.4. The molecule has 0 bridgehead atoms. The summed E-state index contributed by atoms with van der Waals surface area (Å²) >= 11 is 0. The zero-order valence-electron chi connectivity index (χ0n) is 13.4. The number of hydrogen-bond acceptors (Lipinski definition) is 2. The van der Waals surface area contributed by atoms with E-state index >= 15 is 0 Å². The topological polar surface area (TPSA) is 49.4 Å². The van der Waals surface area contributed by atoms with Crippen LogP contribution in [0, 0.1) is 0 Å². The van der Waals surface area contributed by atoms with Gasteiger partial charge in [-0.25, -0.2) is 0 Å². The van der Waals surface area contributed by atoms with Crippen molar-refractivity contribution >= 4 is 11.8 Å². The van der Waals surface area contributed by atoms with Crippen LogP contribution in [0.2, 0.25) is 0 Å². The van der Waals surface area contributed by atoms with Crippen LogP contribution in [-0.2, 0) is 9.59 Å². The first kappa shape index (κ1) is 17.2. The highest BCUT2D eigenvalue weighted by molar-refractivity contribution is 5.78. The second kappa shape index (κ2) is 8.45. The van der Waals surface area contributed by atoms with E-state index in [1.165, 1.54) is 0 Å². The molecule has 1 aromatic carbocycles. The molecule has 2 atom stereocenters. The number of rotatable bonds is 7. The summed E-state index contributed by atoms with van der Waals surface area (Å²) in [5.74, 6) is -0.0152. The van der Waals surface area contributed by atoms with E-state index in [-0.39, 0.29) is 23.9 Å². The van der Waals surface area contributed by atoms with Crippen LogP contribution in [0.25, 0.3) is 0 Å². The zero-order chi connectivity index (χ0) is 15.8. The second-order valence-corrected chi connectivity index (χ2v) is 5.43. The molecular weight excluding hydrogens is 264 g/mol. The Kier molecular flexibility index (Phi) is 6.92. The van der Waals surface area contributed by atoms with Gasteiger partial charge in [-0.15, -0.1) is 0 Å². The molecule has 0 fully saturated rings. The van der Waals surface area contributed by atoms with E-state index in [0.29, 0.717) is 13.0 Å². The summed E-state index contributed by atoms with van der Waals surface area (Å²) < 4.78 is 0. The fraction of sp³-hybridized carbons (Fsp3) is 0.529. The van der Waals surface area contributed by atoms with E-state index in [0.717, 1.165) is 12.0 Å². The number of carbonyl (C=O) groups excluding carboxylic acids is 2. The van der Waals surface area contributed by atoms with E-state index < -0.39 is 0 Å². The van der Waals surface area contributed by atoms with Crippen LogP contribution in [0.5, 0.6) is 0 Å². The van der Waals surface area contributed by atoms with Crippen molar-refractivity contribution in [2.45, 2.75) is 52.6 Å². The largest absolute Gasteiger partial charge is 0.354 e. The maximum Gasteiger partial charge on any atom is 0.221 e. The van der Waals surface area contributed by atoms with Crippen LogP contribution in [-0.4, -0.2) is 29.3 Å². The van der Waals surface area contributed by atoms with Crippen molar-refractivity contribution in [3.05, 3.63) is 35.9 Å². The summed E-state index contributed by atoms with van der Waals surface area (Å²) in [5.41, 5.74) is 1.08. The van der Waals surface area contributed by atoms with Gasteiger partial charge in [0.2, 0.25) is 11.8 Å². The Labute approximate surface area is 127 Å². The molecule has 0 aliphatic rings. The smallest absolute Gasteiger partial charge is 0.221 e. The third-order valence-electron chi connectivity index (χ3n) is 3.75. The van der Waals surface area contributed by atoms with Gasteiger partial charge in [0.15, 0.2) is 0 Å². The predicted octanol–water partition coefficient (Wildman–Crippen LogP) is 2.90. The van der Waals surface area contributed by atoms with Crippen LogP contribution < -0.4 is 5.32 Å². The van der Waals surface area contributed by atoms with Crippen molar-refractivity contribution in [1.82, 2.24) is 10.2 Å². The van der Waals surface area contributed by atoms with E-state index in [4.69, 9.17) is 0 Å². The molecular formula is C17H26N2O2. The Morgan fingerprint density at radius 1 is 1.19 bits per heavy atom. The fourth-order valence-electron chi connectivity index (χ4n) is 2.21. The molecule has 2 unspecified atom stereocenters. The van der Waals surface area contributed by atoms with Gasteiger partial charge in [-0.1, -0.05) is 37.3 Å². The molecule has 0 saturated carbocycles. The Hall–Kier alpha value is -1.84. The van der Waals surface area contributed by atoms with Crippen molar-refractivity contribution < 1.29 is 9.59 Å². The minimum Gasteiger partial charge on any atom is -0.354 e. The molecule has 116 valence electrons. The van der Waals surface area contributed by atoms with Crippen LogP contribution in [0.15, 0.2) is 30.3 Å². The van der Waals surface area contributed by atoms with Crippen molar-refractivity contribution in [3.63, 3.8) is 0 Å². The monoisotopic (exact) mass is 290 g/mol. The summed E-state index contributed by atoms with van der Waals surface area (Å²) in [4.78, 5) is 25.4. The van der Waals surface area contributed by atoms with E-state index in [1.807, 2.05) is 51.1 Å². The summed E-state index contributed by atoms with van der Waals surface area (Å²) in [5, 5.41) is 2.93. The molecule has 0 heterocycles. The van der Waals surface area contributed by atoms with E-state index in [9.17, 15) is 9.59 Å². The number of amides is 2. The first-order valence-corrected chi connectivity index (χ1v) is 7.57. The van der Waals surface area contributed by atoms with Gasteiger partial charge in [0.1, 0.15) is 0 Å². The predicted molar refractivity (Wildman–Crippen MR) is 84.8 cm³/mol. The van der Waals surface area contributed by atoms with Gasteiger partial charge < -0.3 is 10.2 Å². The number of hydrogen-bond donors (Lipinski definition) is 1.